The van der Waals surface area contributed by atoms with Crippen LogP contribution in [0.1, 0.15) is 0 Å². The zero-order valence-corrected chi connectivity index (χ0v) is 52.7. The van der Waals surface area contributed by atoms with Crippen LogP contribution in [0, 0.1) is 0 Å². The second kappa shape index (κ2) is 25.0. The van der Waals surface area contributed by atoms with Crippen LogP contribution in [0.15, 0.2) is 388 Å². The largest absolute Gasteiger partial charge is 0.310 e. The molecule has 0 radical (unpaired) electrons. The molecule has 2 heterocycles. The third kappa shape index (κ3) is 10.9. The average Bonchev–Trinajstić information content (AvgIpc) is 0.951. The van der Waals surface area contributed by atoms with E-state index in [1.54, 1.807) is 0 Å². The fourth-order valence-corrected chi connectivity index (χ4v) is 14.1. The minimum atomic E-state index is 1.10. The number of hydrogen-bond acceptors (Lipinski definition) is 2. The molecule has 4 nitrogen and oxygen atoms in total. The monoisotopic (exact) mass is 1220 g/mol. The second-order valence-corrected chi connectivity index (χ2v) is 24.5. The Morgan fingerprint density at radius 2 is 0.438 bits per heavy atom. The molecule has 0 saturated heterocycles. The normalized spacial score (nSPS) is 11.3. The fraction of sp³-hybridized carbons (Fsp3) is 0. The molecule has 0 saturated carbocycles. The molecule has 0 aliphatic heterocycles. The van der Waals surface area contributed by atoms with Gasteiger partial charge in [-0.3, -0.25) is 0 Å². The van der Waals surface area contributed by atoms with Crippen molar-refractivity contribution in [2.24, 2.45) is 0 Å². The third-order valence-corrected chi connectivity index (χ3v) is 18.7. The van der Waals surface area contributed by atoms with Crippen molar-refractivity contribution in [3.8, 4) is 55.9 Å². The first-order valence-corrected chi connectivity index (χ1v) is 32.9. The summed E-state index contributed by atoms with van der Waals surface area (Å²) in [5.41, 5.74) is 23.4. The van der Waals surface area contributed by atoms with E-state index in [1.807, 2.05) is 0 Å². The van der Waals surface area contributed by atoms with Gasteiger partial charge in [-0.1, -0.05) is 261 Å². The summed E-state index contributed by atoms with van der Waals surface area (Å²) < 4.78 is 4.76. The summed E-state index contributed by atoms with van der Waals surface area (Å²) in [5, 5.41) is 10.1. The van der Waals surface area contributed by atoms with Crippen molar-refractivity contribution >= 4 is 99.3 Å². The Kier molecular flexibility index (Phi) is 14.9. The number of benzene rings is 16. The van der Waals surface area contributed by atoms with Crippen LogP contribution < -0.4 is 9.80 Å². The lowest BCUT2D eigenvalue weighted by Crippen LogP contribution is -2.10. The summed E-state index contributed by atoms with van der Waals surface area (Å²) in [4.78, 5) is 4.70. The summed E-state index contributed by atoms with van der Waals surface area (Å²) in [7, 11) is 0. The van der Waals surface area contributed by atoms with E-state index in [0.717, 1.165) is 45.5 Å². The lowest BCUT2D eigenvalue weighted by atomic mass is 10.0. The molecular formula is C92H64N4. The van der Waals surface area contributed by atoms with Gasteiger partial charge in [0.05, 0.1) is 22.1 Å². The third-order valence-electron chi connectivity index (χ3n) is 18.7. The van der Waals surface area contributed by atoms with Crippen molar-refractivity contribution in [1.82, 2.24) is 9.13 Å². The van der Waals surface area contributed by atoms with Gasteiger partial charge in [0.2, 0.25) is 0 Å². The van der Waals surface area contributed by atoms with Gasteiger partial charge in [-0.15, -0.1) is 0 Å². The van der Waals surface area contributed by atoms with Crippen LogP contribution in [-0.2, 0) is 0 Å². The highest BCUT2D eigenvalue weighted by Crippen LogP contribution is 2.42. The molecule has 2 aromatic heterocycles. The molecule has 96 heavy (non-hydrogen) atoms. The molecule has 0 amide bonds. The minimum absolute atomic E-state index is 1.10. The number of rotatable bonds is 12. The highest BCUT2D eigenvalue weighted by atomic mass is 15.1. The molecule has 0 unspecified atom stereocenters. The highest BCUT2D eigenvalue weighted by Gasteiger charge is 2.19. The molecule has 452 valence electrons. The van der Waals surface area contributed by atoms with Gasteiger partial charge < -0.3 is 18.9 Å². The molecule has 0 spiro atoms. The average molecular weight is 1230 g/mol. The highest BCUT2D eigenvalue weighted by molar-refractivity contribution is 6.10. The molecule has 0 atom stereocenters. The van der Waals surface area contributed by atoms with E-state index >= 15 is 0 Å². The summed E-state index contributed by atoms with van der Waals surface area (Å²) in [5.74, 6) is 0. The molecular weight excluding hydrogens is 1160 g/mol. The Morgan fingerprint density at radius 1 is 0.156 bits per heavy atom. The maximum atomic E-state index is 2.38. The summed E-state index contributed by atoms with van der Waals surface area (Å²) >= 11 is 0. The number of aromatic nitrogens is 2. The minimum Gasteiger partial charge on any atom is -0.310 e. The van der Waals surface area contributed by atoms with Gasteiger partial charge in [-0.25, -0.2) is 0 Å². The summed E-state index contributed by atoms with van der Waals surface area (Å²) in [6.07, 6.45) is 0. The van der Waals surface area contributed by atoms with E-state index in [0.29, 0.717) is 0 Å². The van der Waals surface area contributed by atoms with Crippen LogP contribution in [0.4, 0.5) is 34.1 Å². The van der Waals surface area contributed by atoms with Gasteiger partial charge >= 0.3 is 0 Å². The Bertz CT molecular complexity index is 5720. The van der Waals surface area contributed by atoms with E-state index < -0.39 is 0 Å². The number of anilines is 6. The van der Waals surface area contributed by atoms with Crippen molar-refractivity contribution in [3.63, 3.8) is 0 Å². The van der Waals surface area contributed by atoms with Gasteiger partial charge in [-0.05, 0) is 193 Å². The Hall–Kier alpha value is -12.8. The Balaban J connectivity index is 0.000000145. The number of para-hydroxylation sites is 5. The predicted octanol–water partition coefficient (Wildman–Crippen LogP) is 25.5. The number of nitrogens with zero attached hydrogens (tertiary/aromatic N) is 4. The van der Waals surface area contributed by atoms with Crippen molar-refractivity contribution in [2.75, 3.05) is 9.80 Å². The van der Waals surface area contributed by atoms with E-state index in [2.05, 4.69) is 407 Å². The van der Waals surface area contributed by atoms with Crippen molar-refractivity contribution in [2.45, 2.75) is 0 Å². The lowest BCUT2D eigenvalue weighted by molar-refractivity contribution is 1.17. The molecule has 0 aliphatic carbocycles. The van der Waals surface area contributed by atoms with Crippen molar-refractivity contribution < 1.29 is 0 Å². The lowest BCUT2D eigenvalue weighted by Gasteiger charge is -2.26. The van der Waals surface area contributed by atoms with E-state index in [-0.39, 0.29) is 0 Å². The predicted molar refractivity (Wildman–Crippen MR) is 408 cm³/mol. The van der Waals surface area contributed by atoms with Gasteiger partial charge in [0.1, 0.15) is 0 Å². The molecule has 0 N–H and O–H groups in total. The smallest absolute Gasteiger partial charge is 0.0541 e. The molecule has 18 rings (SSSR count). The van der Waals surface area contributed by atoms with E-state index in [9.17, 15) is 0 Å². The molecule has 16 aromatic carbocycles. The zero-order chi connectivity index (χ0) is 63.7. The Labute approximate surface area is 559 Å². The summed E-state index contributed by atoms with van der Waals surface area (Å²) in [6.45, 7) is 0. The number of fused-ring (bicyclic) bond motifs is 8. The second-order valence-electron chi connectivity index (χ2n) is 24.5. The zero-order valence-electron chi connectivity index (χ0n) is 52.7. The van der Waals surface area contributed by atoms with Crippen molar-refractivity contribution in [1.29, 1.82) is 0 Å². The summed E-state index contributed by atoms with van der Waals surface area (Å²) in [6, 6.07) is 140. The van der Waals surface area contributed by atoms with Gasteiger partial charge in [0.25, 0.3) is 0 Å². The van der Waals surface area contributed by atoms with Crippen LogP contribution in [-0.4, -0.2) is 9.13 Å². The van der Waals surface area contributed by atoms with Gasteiger partial charge in [0, 0.05) is 67.0 Å². The van der Waals surface area contributed by atoms with Crippen LogP contribution in [0.2, 0.25) is 0 Å². The quantitative estimate of drug-likeness (QED) is 0.121. The Morgan fingerprint density at radius 3 is 0.896 bits per heavy atom. The van der Waals surface area contributed by atoms with E-state index in [4.69, 9.17) is 0 Å². The fourth-order valence-electron chi connectivity index (χ4n) is 14.1. The first-order chi connectivity index (χ1) is 47.6. The molecule has 0 aliphatic rings. The first kappa shape index (κ1) is 57.2. The van der Waals surface area contributed by atoms with Crippen LogP contribution >= 0.6 is 0 Å². The molecule has 4 heteroatoms. The maximum Gasteiger partial charge on any atom is 0.0541 e. The van der Waals surface area contributed by atoms with Crippen LogP contribution in [0.25, 0.3) is 121 Å². The standard InChI is InChI=1S/2C46H32N2/c1-2-16-39(17-3-1)47(40-28-26-34(27-29-40)38-25-24-33-12-4-5-13-35(33)30-38)41-18-10-14-36(31-41)37-15-11-19-42(32-37)48-45-22-8-6-20-43(45)44-21-7-9-23-46(44)48;1-2-11-33(12-3-1)35-23-27-39(28-24-35)47(40-29-25-36(26-30-40)38-22-21-34-13-4-5-14-37(34)31-38)41-15-10-16-42(32-41)48-45-19-8-6-17-43(45)44-18-7-9-20-46(44)48/h2*1-32H. The van der Waals surface area contributed by atoms with Gasteiger partial charge in [0.15, 0.2) is 0 Å². The first-order valence-electron chi connectivity index (χ1n) is 32.9. The van der Waals surface area contributed by atoms with Gasteiger partial charge in [-0.2, -0.15) is 0 Å². The van der Waals surface area contributed by atoms with E-state index in [1.165, 1.54) is 110 Å². The van der Waals surface area contributed by atoms with Crippen molar-refractivity contribution in [3.05, 3.63) is 388 Å². The van der Waals surface area contributed by atoms with Crippen LogP contribution in [0.5, 0.6) is 0 Å². The molecule has 0 fully saturated rings. The topological polar surface area (TPSA) is 16.3 Å². The molecule has 18 aromatic rings. The van der Waals surface area contributed by atoms with Crippen LogP contribution in [0.3, 0.4) is 0 Å². The maximum absolute atomic E-state index is 2.38. The number of hydrogen-bond donors (Lipinski definition) is 0. The molecule has 0 bridgehead atoms. The SMILES string of the molecule is c1ccc(-c2ccc(N(c3ccc(-c4ccc5ccccc5c4)cc3)c3cccc(-n4c5ccccc5c5ccccc54)c3)cc2)cc1.c1ccc(N(c2ccc(-c3ccc4ccccc4c3)cc2)c2cccc(-c3cccc(-n4c5ccccc5c5ccccc54)c3)c2)cc1.